The van der Waals surface area contributed by atoms with Crippen LogP contribution in [0.4, 0.5) is 5.69 Å². The molecule has 1 saturated heterocycles. The number of nitrogen functional groups attached to an aromatic ring is 1. The summed E-state index contributed by atoms with van der Waals surface area (Å²) in [5.41, 5.74) is 8.18. The van der Waals surface area contributed by atoms with E-state index >= 15 is 0 Å². The zero-order chi connectivity index (χ0) is 14.5. The molecule has 0 atom stereocenters. The minimum Gasteiger partial charge on any atom is -0.398 e. The van der Waals surface area contributed by atoms with E-state index in [4.69, 9.17) is 5.73 Å². The third kappa shape index (κ3) is 3.73. The van der Waals surface area contributed by atoms with E-state index in [1.165, 1.54) is 12.8 Å². The van der Waals surface area contributed by atoms with Crippen molar-refractivity contribution in [2.24, 2.45) is 5.92 Å². The number of nitrogens with one attached hydrogen (secondary N) is 1. The Balaban J connectivity index is 1.82. The van der Waals surface area contributed by atoms with E-state index in [9.17, 15) is 4.79 Å². The summed E-state index contributed by atoms with van der Waals surface area (Å²) in [6, 6.07) is 5.48. The largest absolute Gasteiger partial charge is 0.398 e. The van der Waals surface area contributed by atoms with Gasteiger partial charge >= 0.3 is 0 Å². The minimum atomic E-state index is -0.0189. The summed E-state index contributed by atoms with van der Waals surface area (Å²) < 4.78 is 0. The standard InChI is InChI=1S/C16H25N3O/c1-3-19-8-6-13(7-9-19)11-18-16(20)14-5-4-12(2)15(17)10-14/h4-5,10,13H,3,6-9,11,17H2,1-2H3,(H,18,20). The number of amides is 1. The highest BCUT2D eigenvalue weighted by Crippen LogP contribution is 2.17. The molecule has 0 bridgehead atoms. The third-order valence-corrected chi connectivity index (χ3v) is 4.25. The smallest absolute Gasteiger partial charge is 0.251 e. The van der Waals surface area contributed by atoms with E-state index in [1.807, 2.05) is 19.1 Å². The van der Waals surface area contributed by atoms with E-state index in [0.717, 1.165) is 31.7 Å². The lowest BCUT2D eigenvalue weighted by Crippen LogP contribution is -2.38. The molecule has 0 aromatic heterocycles. The molecular formula is C16H25N3O. The maximum Gasteiger partial charge on any atom is 0.251 e. The molecule has 1 heterocycles. The van der Waals surface area contributed by atoms with Gasteiger partial charge in [0.25, 0.3) is 5.91 Å². The number of carbonyl (C=O) groups excluding carboxylic acids is 1. The van der Waals surface area contributed by atoms with Crippen LogP contribution in [-0.4, -0.2) is 37.0 Å². The summed E-state index contributed by atoms with van der Waals surface area (Å²) in [4.78, 5) is 14.6. The van der Waals surface area contributed by atoms with Gasteiger partial charge in [-0.15, -0.1) is 0 Å². The van der Waals surface area contributed by atoms with Gasteiger partial charge in [0.05, 0.1) is 0 Å². The van der Waals surface area contributed by atoms with Crippen LogP contribution >= 0.6 is 0 Å². The fraction of sp³-hybridized carbons (Fsp3) is 0.562. The molecule has 110 valence electrons. The van der Waals surface area contributed by atoms with Gasteiger partial charge in [-0.2, -0.15) is 0 Å². The van der Waals surface area contributed by atoms with Gasteiger partial charge in [-0.3, -0.25) is 4.79 Å². The number of carbonyl (C=O) groups is 1. The molecule has 1 amide bonds. The van der Waals surface area contributed by atoms with E-state index in [-0.39, 0.29) is 5.91 Å². The Kier molecular flexibility index (Phi) is 5.01. The summed E-state index contributed by atoms with van der Waals surface area (Å²) in [5.74, 6) is 0.583. The van der Waals surface area contributed by atoms with Crippen molar-refractivity contribution in [3.63, 3.8) is 0 Å². The normalized spacial score (nSPS) is 17.1. The number of likely N-dealkylation sites (tertiary alicyclic amines) is 1. The number of nitrogens with two attached hydrogens (primary N) is 1. The van der Waals surface area contributed by atoms with Crippen molar-refractivity contribution in [1.29, 1.82) is 0 Å². The average molecular weight is 275 g/mol. The fourth-order valence-corrected chi connectivity index (χ4v) is 2.63. The summed E-state index contributed by atoms with van der Waals surface area (Å²) in [5, 5.41) is 3.04. The first kappa shape index (κ1) is 14.9. The number of anilines is 1. The predicted molar refractivity (Wildman–Crippen MR) is 82.8 cm³/mol. The Labute approximate surface area is 121 Å². The van der Waals surface area contributed by atoms with Crippen molar-refractivity contribution in [1.82, 2.24) is 10.2 Å². The molecule has 1 aliphatic rings. The maximum absolute atomic E-state index is 12.1. The quantitative estimate of drug-likeness (QED) is 0.827. The Hall–Kier alpha value is -1.55. The van der Waals surface area contributed by atoms with Crippen LogP contribution in [0.2, 0.25) is 0 Å². The zero-order valence-corrected chi connectivity index (χ0v) is 12.5. The summed E-state index contributed by atoms with van der Waals surface area (Å²) in [6.07, 6.45) is 2.34. The Morgan fingerprint density at radius 1 is 1.40 bits per heavy atom. The lowest BCUT2D eigenvalue weighted by molar-refractivity contribution is 0.0937. The van der Waals surface area contributed by atoms with Crippen LogP contribution in [0.5, 0.6) is 0 Å². The van der Waals surface area contributed by atoms with Gasteiger partial charge in [0, 0.05) is 17.8 Å². The highest BCUT2D eigenvalue weighted by atomic mass is 16.1. The van der Waals surface area contributed by atoms with Crippen LogP contribution < -0.4 is 11.1 Å². The molecule has 20 heavy (non-hydrogen) atoms. The molecule has 0 spiro atoms. The summed E-state index contributed by atoms with van der Waals surface area (Å²) in [7, 11) is 0. The van der Waals surface area contributed by atoms with E-state index < -0.39 is 0 Å². The van der Waals surface area contributed by atoms with Crippen LogP contribution in [0.25, 0.3) is 0 Å². The molecule has 0 radical (unpaired) electrons. The molecule has 0 unspecified atom stereocenters. The summed E-state index contributed by atoms with van der Waals surface area (Å²) in [6.45, 7) is 8.33. The van der Waals surface area contributed by atoms with Crippen molar-refractivity contribution in [3.05, 3.63) is 29.3 Å². The van der Waals surface area contributed by atoms with Gasteiger partial charge in [-0.1, -0.05) is 13.0 Å². The van der Waals surface area contributed by atoms with Crippen LogP contribution in [0.1, 0.15) is 35.7 Å². The molecule has 1 aromatic carbocycles. The number of benzene rings is 1. The maximum atomic E-state index is 12.1. The Morgan fingerprint density at radius 3 is 2.70 bits per heavy atom. The highest BCUT2D eigenvalue weighted by molar-refractivity contribution is 5.95. The average Bonchev–Trinajstić information content (AvgIpc) is 2.48. The highest BCUT2D eigenvalue weighted by Gasteiger charge is 2.18. The van der Waals surface area contributed by atoms with Gasteiger partial charge < -0.3 is 16.0 Å². The van der Waals surface area contributed by atoms with E-state index in [2.05, 4.69) is 17.1 Å². The molecule has 2 rings (SSSR count). The van der Waals surface area contributed by atoms with Crippen molar-refractivity contribution in [2.75, 3.05) is 31.9 Å². The number of hydrogen-bond donors (Lipinski definition) is 2. The first-order valence-electron chi connectivity index (χ1n) is 7.46. The zero-order valence-electron chi connectivity index (χ0n) is 12.5. The van der Waals surface area contributed by atoms with Crippen molar-refractivity contribution in [3.8, 4) is 0 Å². The number of hydrogen-bond acceptors (Lipinski definition) is 3. The Bertz CT molecular complexity index is 465. The fourth-order valence-electron chi connectivity index (χ4n) is 2.63. The van der Waals surface area contributed by atoms with Gasteiger partial charge in [-0.05, 0) is 63.0 Å². The molecule has 1 fully saturated rings. The van der Waals surface area contributed by atoms with E-state index in [0.29, 0.717) is 17.2 Å². The van der Waals surface area contributed by atoms with Crippen LogP contribution in [0.3, 0.4) is 0 Å². The van der Waals surface area contributed by atoms with Gasteiger partial charge in [0.2, 0.25) is 0 Å². The van der Waals surface area contributed by atoms with Crippen molar-refractivity contribution < 1.29 is 4.79 Å². The van der Waals surface area contributed by atoms with Crippen LogP contribution in [0, 0.1) is 12.8 Å². The topological polar surface area (TPSA) is 58.4 Å². The van der Waals surface area contributed by atoms with E-state index in [1.54, 1.807) is 6.07 Å². The molecule has 4 heteroatoms. The van der Waals surface area contributed by atoms with Gasteiger partial charge in [0.15, 0.2) is 0 Å². The summed E-state index contributed by atoms with van der Waals surface area (Å²) >= 11 is 0. The molecule has 0 saturated carbocycles. The first-order chi connectivity index (χ1) is 9.60. The number of nitrogens with zero attached hydrogens (tertiary/aromatic N) is 1. The SMILES string of the molecule is CCN1CCC(CNC(=O)c2ccc(C)c(N)c2)CC1. The molecule has 4 nitrogen and oxygen atoms in total. The van der Waals surface area contributed by atoms with Crippen LogP contribution in [0.15, 0.2) is 18.2 Å². The second-order valence-corrected chi connectivity index (χ2v) is 5.66. The van der Waals surface area contributed by atoms with Crippen LogP contribution in [-0.2, 0) is 0 Å². The van der Waals surface area contributed by atoms with Crippen molar-refractivity contribution >= 4 is 11.6 Å². The minimum absolute atomic E-state index is 0.0189. The third-order valence-electron chi connectivity index (χ3n) is 4.25. The van der Waals surface area contributed by atoms with Crippen molar-refractivity contribution in [2.45, 2.75) is 26.7 Å². The predicted octanol–water partition coefficient (Wildman–Crippen LogP) is 2.04. The lowest BCUT2D eigenvalue weighted by atomic mass is 9.96. The van der Waals surface area contributed by atoms with Gasteiger partial charge in [-0.25, -0.2) is 0 Å². The van der Waals surface area contributed by atoms with Gasteiger partial charge in [0.1, 0.15) is 0 Å². The molecule has 0 aliphatic carbocycles. The second-order valence-electron chi connectivity index (χ2n) is 5.66. The molecule has 1 aromatic rings. The molecular weight excluding hydrogens is 250 g/mol. The lowest BCUT2D eigenvalue weighted by Gasteiger charge is -2.31. The number of piperidine rings is 1. The second kappa shape index (κ2) is 6.75. The number of aryl methyl sites for hydroxylation is 1. The molecule has 3 N–H and O–H groups in total. The molecule has 1 aliphatic heterocycles. The number of rotatable bonds is 4. The first-order valence-corrected chi connectivity index (χ1v) is 7.46. The Morgan fingerprint density at radius 2 is 2.10 bits per heavy atom. The monoisotopic (exact) mass is 275 g/mol.